The van der Waals surface area contributed by atoms with E-state index in [2.05, 4.69) is 0 Å². The van der Waals surface area contributed by atoms with Crippen molar-refractivity contribution in [1.82, 2.24) is 0 Å². The lowest BCUT2D eigenvalue weighted by molar-refractivity contribution is 0.104. The van der Waals surface area contributed by atoms with Crippen LogP contribution in [0.5, 0.6) is 0 Å². The quantitative estimate of drug-likeness (QED) is 0.584. The van der Waals surface area contributed by atoms with Crippen LogP contribution in [0.25, 0.3) is 5.03 Å². The third kappa shape index (κ3) is 3.05. The van der Waals surface area contributed by atoms with Gasteiger partial charge in [-0.1, -0.05) is 72.3 Å². The number of ketones is 1. The second kappa shape index (κ2) is 5.46. The lowest BCUT2D eigenvalue weighted by Crippen LogP contribution is -1.94. The molecular weight excluding hydrogens is 232 g/mol. The van der Waals surface area contributed by atoms with E-state index in [0.717, 1.165) is 5.56 Å². The lowest BCUT2D eigenvalue weighted by Gasteiger charge is -1.99. The minimum Gasteiger partial charge on any atom is -0.289 e. The van der Waals surface area contributed by atoms with Crippen molar-refractivity contribution >= 4 is 22.4 Å². The minimum atomic E-state index is -0.0838. The van der Waals surface area contributed by atoms with E-state index in [-0.39, 0.29) is 5.78 Å². The molecule has 0 spiro atoms. The third-order valence-electron chi connectivity index (χ3n) is 2.37. The number of halogens is 1. The Labute approximate surface area is 105 Å². The van der Waals surface area contributed by atoms with Crippen molar-refractivity contribution in [2.24, 2.45) is 0 Å². The number of hydrogen-bond donors (Lipinski definition) is 0. The largest absolute Gasteiger partial charge is 0.289 e. The second-order valence-electron chi connectivity index (χ2n) is 3.59. The molecule has 2 aromatic rings. The van der Waals surface area contributed by atoms with Gasteiger partial charge in [0.25, 0.3) is 0 Å². The Morgan fingerprint density at radius 3 is 1.82 bits per heavy atom. The number of benzene rings is 2. The van der Waals surface area contributed by atoms with Crippen LogP contribution in [0.15, 0.2) is 66.7 Å². The maximum absolute atomic E-state index is 11.9. The Hall–Kier alpha value is -1.86. The Kier molecular flexibility index (Phi) is 3.73. The summed E-state index contributed by atoms with van der Waals surface area (Å²) < 4.78 is 0. The minimum absolute atomic E-state index is 0.0838. The van der Waals surface area contributed by atoms with Crippen molar-refractivity contribution in [2.75, 3.05) is 0 Å². The summed E-state index contributed by atoms with van der Waals surface area (Å²) in [5.74, 6) is -0.0838. The molecule has 2 aromatic carbocycles. The van der Waals surface area contributed by atoms with Crippen molar-refractivity contribution in [3.63, 3.8) is 0 Å². The van der Waals surface area contributed by atoms with Gasteiger partial charge in [0, 0.05) is 11.6 Å². The normalized spacial score (nSPS) is 11.2. The molecule has 0 aliphatic carbocycles. The van der Waals surface area contributed by atoms with Gasteiger partial charge in [0.2, 0.25) is 0 Å². The first-order valence-corrected chi connectivity index (χ1v) is 5.67. The van der Waals surface area contributed by atoms with Gasteiger partial charge < -0.3 is 0 Å². The predicted molar refractivity (Wildman–Crippen MR) is 71.0 cm³/mol. The summed E-state index contributed by atoms with van der Waals surface area (Å²) in [6.45, 7) is 0. The molecule has 0 unspecified atom stereocenters. The fourth-order valence-electron chi connectivity index (χ4n) is 1.48. The number of rotatable bonds is 3. The van der Waals surface area contributed by atoms with Crippen molar-refractivity contribution in [1.29, 1.82) is 0 Å². The second-order valence-corrected chi connectivity index (χ2v) is 4.00. The van der Waals surface area contributed by atoms with E-state index < -0.39 is 0 Å². The highest BCUT2D eigenvalue weighted by Crippen LogP contribution is 2.19. The van der Waals surface area contributed by atoms with Gasteiger partial charge in [0.15, 0.2) is 5.78 Å². The number of carbonyl (C=O) groups is 1. The smallest absolute Gasteiger partial charge is 0.187 e. The Balaban J connectivity index is 2.24. The number of hydrogen-bond acceptors (Lipinski definition) is 1. The molecule has 2 rings (SSSR count). The van der Waals surface area contributed by atoms with E-state index in [9.17, 15) is 4.79 Å². The maximum atomic E-state index is 11.9. The lowest BCUT2D eigenvalue weighted by atomic mass is 10.1. The molecule has 0 radical (unpaired) electrons. The fourth-order valence-corrected chi connectivity index (χ4v) is 1.71. The van der Waals surface area contributed by atoms with Gasteiger partial charge in [0.1, 0.15) is 0 Å². The van der Waals surface area contributed by atoms with Crippen molar-refractivity contribution < 1.29 is 4.79 Å². The molecule has 84 valence electrons. The first-order valence-electron chi connectivity index (χ1n) is 5.29. The van der Waals surface area contributed by atoms with Gasteiger partial charge in [0.05, 0.1) is 5.03 Å². The van der Waals surface area contributed by atoms with Gasteiger partial charge in [-0.15, -0.1) is 0 Å². The molecule has 0 heterocycles. The Morgan fingerprint density at radius 2 is 1.29 bits per heavy atom. The molecule has 0 atom stereocenters. The van der Waals surface area contributed by atoms with Crippen LogP contribution in [0, 0.1) is 0 Å². The first kappa shape index (κ1) is 11.6. The van der Waals surface area contributed by atoms with E-state index in [1.807, 2.05) is 48.5 Å². The summed E-state index contributed by atoms with van der Waals surface area (Å²) in [4.78, 5) is 11.9. The standard InChI is InChI=1S/C15H11ClO/c16-14(12-7-3-1-4-8-12)11-15(17)13-9-5-2-6-10-13/h1-11H. The highest BCUT2D eigenvalue weighted by atomic mass is 35.5. The summed E-state index contributed by atoms with van der Waals surface area (Å²) in [7, 11) is 0. The van der Waals surface area contributed by atoms with Crippen molar-refractivity contribution in [3.8, 4) is 0 Å². The SMILES string of the molecule is O=C(C=C(Cl)c1ccccc1)c1ccccc1. The fraction of sp³-hybridized carbons (Fsp3) is 0. The summed E-state index contributed by atoms with van der Waals surface area (Å²) in [5, 5.41) is 0.458. The van der Waals surface area contributed by atoms with Gasteiger partial charge in [-0.05, 0) is 5.56 Å². The van der Waals surface area contributed by atoms with E-state index in [1.54, 1.807) is 12.1 Å². The molecular formula is C15H11ClO. The van der Waals surface area contributed by atoms with E-state index in [1.165, 1.54) is 6.08 Å². The van der Waals surface area contributed by atoms with Crippen molar-refractivity contribution in [3.05, 3.63) is 77.9 Å². The molecule has 0 fully saturated rings. The zero-order chi connectivity index (χ0) is 12.1. The topological polar surface area (TPSA) is 17.1 Å². The number of carbonyl (C=O) groups excluding carboxylic acids is 1. The molecule has 0 aromatic heterocycles. The van der Waals surface area contributed by atoms with Crippen LogP contribution in [0.1, 0.15) is 15.9 Å². The summed E-state index contributed by atoms with van der Waals surface area (Å²) >= 11 is 6.09. The van der Waals surface area contributed by atoms with Crippen LogP contribution < -0.4 is 0 Å². The average molecular weight is 243 g/mol. The molecule has 0 aliphatic heterocycles. The molecule has 0 saturated heterocycles. The Morgan fingerprint density at radius 1 is 0.824 bits per heavy atom. The molecule has 17 heavy (non-hydrogen) atoms. The maximum Gasteiger partial charge on any atom is 0.187 e. The highest BCUT2D eigenvalue weighted by Gasteiger charge is 2.04. The molecule has 0 saturated carbocycles. The van der Waals surface area contributed by atoms with Gasteiger partial charge in [-0.3, -0.25) is 4.79 Å². The average Bonchev–Trinajstić information content (AvgIpc) is 2.40. The molecule has 0 amide bonds. The monoisotopic (exact) mass is 242 g/mol. The summed E-state index contributed by atoms with van der Waals surface area (Å²) in [6, 6.07) is 18.5. The highest BCUT2D eigenvalue weighted by molar-refractivity contribution is 6.50. The molecule has 0 N–H and O–H groups in total. The zero-order valence-electron chi connectivity index (χ0n) is 9.14. The molecule has 0 aliphatic rings. The Bertz CT molecular complexity index is 529. The summed E-state index contributed by atoms with van der Waals surface area (Å²) in [5.41, 5.74) is 1.49. The predicted octanol–water partition coefficient (Wildman–Crippen LogP) is 4.15. The molecule has 1 nitrogen and oxygen atoms in total. The van der Waals surface area contributed by atoms with Crippen LogP contribution in [0.3, 0.4) is 0 Å². The van der Waals surface area contributed by atoms with Gasteiger partial charge in [-0.2, -0.15) is 0 Å². The van der Waals surface area contributed by atoms with E-state index in [4.69, 9.17) is 11.6 Å². The molecule has 0 bridgehead atoms. The third-order valence-corrected chi connectivity index (χ3v) is 2.69. The molecule has 2 heteroatoms. The van der Waals surface area contributed by atoms with Crippen LogP contribution in [-0.2, 0) is 0 Å². The van der Waals surface area contributed by atoms with E-state index >= 15 is 0 Å². The van der Waals surface area contributed by atoms with Gasteiger partial charge >= 0.3 is 0 Å². The van der Waals surface area contributed by atoms with Crippen LogP contribution >= 0.6 is 11.6 Å². The summed E-state index contributed by atoms with van der Waals surface area (Å²) in [6.07, 6.45) is 1.45. The van der Waals surface area contributed by atoms with Gasteiger partial charge in [-0.25, -0.2) is 0 Å². The zero-order valence-corrected chi connectivity index (χ0v) is 9.89. The van der Waals surface area contributed by atoms with Crippen molar-refractivity contribution in [2.45, 2.75) is 0 Å². The van der Waals surface area contributed by atoms with E-state index in [0.29, 0.717) is 10.6 Å². The van der Waals surface area contributed by atoms with Crippen LogP contribution in [0.4, 0.5) is 0 Å². The van der Waals surface area contributed by atoms with Crippen LogP contribution in [0.2, 0.25) is 0 Å². The number of allylic oxidation sites excluding steroid dienone is 1. The van der Waals surface area contributed by atoms with Crippen LogP contribution in [-0.4, -0.2) is 5.78 Å². The first-order chi connectivity index (χ1) is 8.27.